The Morgan fingerprint density at radius 1 is 1.20 bits per heavy atom. The number of aryl methyl sites for hydroxylation is 1. The average molecular weight is 362 g/mol. The molecule has 0 saturated heterocycles. The van der Waals surface area contributed by atoms with Crippen LogP contribution in [0, 0.1) is 6.92 Å². The summed E-state index contributed by atoms with van der Waals surface area (Å²) in [7, 11) is 0. The molecule has 4 nitrogen and oxygen atoms in total. The van der Waals surface area contributed by atoms with Gasteiger partial charge in [0.25, 0.3) is 5.91 Å². The lowest BCUT2D eigenvalue weighted by Gasteiger charge is -2.15. The van der Waals surface area contributed by atoms with E-state index in [-0.39, 0.29) is 18.6 Å². The number of nitrogens with one attached hydrogen (secondary N) is 1. The van der Waals surface area contributed by atoms with Crippen molar-refractivity contribution in [2.24, 2.45) is 0 Å². The van der Waals surface area contributed by atoms with Gasteiger partial charge in [-0.15, -0.1) is 0 Å². The van der Waals surface area contributed by atoms with E-state index < -0.39 is 0 Å². The fourth-order valence-electron chi connectivity index (χ4n) is 3.18. The fraction of sp³-hybridized carbons (Fsp3) is 0.450. The first-order chi connectivity index (χ1) is 12.1. The van der Waals surface area contributed by atoms with Crippen LogP contribution in [-0.4, -0.2) is 11.9 Å². The molecule has 3 rings (SSSR count). The van der Waals surface area contributed by atoms with E-state index in [1.54, 1.807) is 18.2 Å². The monoisotopic (exact) mass is 361 g/mol. The van der Waals surface area contributed by atoms with Crippen molar-refractivity contribution in [2.75, 3.05) is 0 Å². The van der Waals surface area contributed by atoms with Gasteiger partial charge in [-0.3, -0.25) is 4.79 Å². The molecule has 0 radical (unpaired) electrons. The van der Waals surface area contributed by atoms with Crippen molar-refractivity contribution in [2.45, 2.75) is 58.1 Å². The predicted molar refractivity (Wildman–Crippen MR) is 98.2 cm³/mol. The molecular formula is C20H24ClNO3. The van der Waals surface area contributed by atoms with Gasteiger partial charge in [0.15, 0.2) is 5.76 Å². The molecule has 1 aromatic carbocycles. The molecule has 25 heavy (non-hydrogen) atoms. The molecule has 1 aromatic heterocycles. The lowest BCUT2D eigenvalue weighted by atomic mass is 10.1. The van der Waals surface area contributed by atoms with Gasteiger partial charge >= 0.3 is 0 Å². The topological polar surface area (TPSA) is 51.5 Å². The number of halogens is 1. The molecule has 1 amide bonds. The normalized spacial score (nSPS) is 15.6. The van der Waals surface area contributed by atoms with Crippen LogP contribution in [-0.2, 0) is 6.61 Å². The van der Waals surface area contributed by atoms with E-state index in [4.69, 9.17) is 20.8 Å². The number of benzene rings is 1. The Bertz CT molecular complexity index is 717. The molecule has 1 aliphatic rings. The van der Waals surface area contributed by atoms with Crippen LogP contribution in [0.25, 0.3) is 0 Å². The Labute approximate surface area is 153 Å². The molecule has 0 bridgehead atoms. The summed E-state index contributed by atoms with van der Waals surface area (Å²) < 4.78 is 11.4. The van der Waals surface area contributed by atoms with Gasteiger partial charge in [-0.1, -0.05) is 37.3 Å². The molecule has 0 aliphatic heterocycles. The second-order valence-corrected chi connectivity index (χ2v) is 7.06. The van der Waals surface area contributed by atoms with E-state index in [1.165, 1.54) is 25.7 Å². The zero-order valence-corrected chi connectivity index (χ0v) is 15.3. The van der Waals surface area contributed by atoms with Gasteiger partial charge in [-0.2, -0.15) is 0 Å². The number of ether oxygens (including phenoxy) is 1. The number of carbonyl (C=O) groups excluding carboxylic acids is 1. The van der Waals surface area contributed by atoms with E-state index in [0.29, 0.717) is 16.5 Å². The molecule has 1 N–H and O–H groups in total. The number of hydrogen-bond donors (Lipinski definition) is 1. The lowest BCUT2D eigenvalue weighted by Crippen LogP contribution is -2.34. The SMILES string of the molecule is Cc1cc(Cl)ccc1OCc1ccc(C(=O)NC2CCCCCC2)o1. The van der Waals surface area contributed by atoms with E-state index in [2.05, 4.69) is 5.32 Å². The molecule has 1 fully saturated rings. The van der Waals surface area contributed by atoms with Crippen molar-refractivity contribution in [1.29, 1.82) is 0 Å². The van der Waals surface area contributed by atoms with E-state index in [1.807, 2.05) is 19.1 Å². The lowest BCUT2D eigenvalue weighted by molar-refractivity contribution is 0.0901. The molecule has 0 atom stereocenters. The quantitative estimate of drug-likeness (QED) is 0.738. The zero-order chi connectivity index (χ0) is 17.6. The van der Waals surface area contributed by atoms with Gasteiger partial charge < -0.3 is 14.5 Å². The first kappa shape index (κ1) is 17.9. The molecule has 1 saturated carbocycles. The third-order valence-electron chi connectivity index (χ3n) is 4.58. The molecule has 5 heteroatoms. The van der Waals surface area contributed by atoms with Crippen LogP contribution >= 0.6 is 11.6 Å². The van der Waals surface area contributed by atoms with Crippen LogP contribution in [0.1, 0.15) is 60.4 Å². The number of carbonyl (C=O) groups is 1. The van der Waals surface area contributed by atoms with Crippen molar-refractivity contribution in [3.8, 4) is 5.75 Å². The molecule has 0 spiro atoms. The minimum atomic E-state index is -0.138. The van der Waals surface area contributed by atoms with Gasteiger partial charge in [0.2, 0.25) is 0 Å². The summed E-state index contributed by atoms with van der Waals surface area (Å²) in [5, 5.41) is 3.77. The van der Waals surface area contributed by atoms with E-state index >= 15 is 0 Å². The van der Waals surface area contributed by atoms with Crippen molar-refractivity contribution >= 4 is 17.5 Å². The Hall–Kier alpha value is -1.94. The van der Waals surface area contributed by atoms with Crippen LogP contribution in [0.5, 0.6) is 5.75 Å². The van der Waals surface area contributed by atoms with Gasteiger partial charge in [0, 0.05) is 11.1 Å². The van der Waals surface area contributed by atoms with Gasteiger partial charge in [0.1, 0.15) is 18.1 Å². The highest BCUT2D eigenvalue weighted by Crippen LogP contribution is 2.23. The molecule has 1 aliphatic carbocycles. The van der Waals surface area contributed by atoms with Gasteiger partial charge in [-0.25, -0.2) is 0 Å². The summed E-state index contributed by atoms with van der Waals surface area (Å²) in [5.74, 6) is 1.59. The fourth-order valence-corrected chi connectivity index (χ4v) is 3.41. The summed E-state index contributed by atoms with van der Waals surface area (Å²) >= 11 is 5.94. The van der Waals surface area contributed by atoms with Crippen LogP contribution in [0.15, 0.2) is 34.7 Å². The number of amides is 1. The first-order valence-corrected chi connectivity index (χ1v) is 9.28. The van der Waals surface area contributed by atoms with Crippen molar-refractivity contribution in [3.63, 3.8) is 0 Å². The van der Waals surface area contributed by atoms with Crippen LogP contribution in [0.2, 0.25) is 5.02 Å². The number of hydrogen-bond acceptors (Lipinski definition) is 3. The van der Waals surface area contributed by atoms with Crippen molar-refractivity contribution < 1.29 is 13.9 Å². The number of rotatable bonds is 5. The molecule has 1 heterocycles. The third kappa shape index (κ3) is 5.02. The Kier molecular flexibility index (Phi) is 6.03. The highest BCUT2D eigenvalue weighted by molar-refractivity contribution is 6.30. The summed E-state index contributed by atoms with van der Waals surface area (Å²) in [6.45, 7) is 2.22. The minimum absolute atomic E-state index is 0.138. The number of furan rings is 1. The summed E-state index contributed by atoms with van der Waals surface area (Å²) in [4.78, 5) is 12.3. The van der Waals surface area contributed by atoms with E-state index in [0.717, 1.165) is 24.2 Å². The second kappa shape index (κ2) is 8.43. The van der Waals surface area contributed by atoms with Crippen LogP contribution in [0.3, 0.4) is 0 Å². The summed E-state index contributed by atoms with van der Waals surface area (Å²) in [5.41, 5.74) is 0.963. The maximum Gasteiger partial charge on any atom is 0.287 e. The van der Waals surface area contributed by atoms with Gasteiger partial charge in [-0.05, 0) is 55.7 Å². The van der Waals surface area contributed by atoms with Gasteiger partial charge in [0.05, 0.1) is 0 Å². The Morgan fingerprint density at radius 2 is 1.96 bits per heavy atom. The second-order valence-electron chi connectivity index (χ2n) is 6.63. The molecule has 0 unspecified atom stereocenters. The first-order valence-electron chi connectivity index (χ1n) is 8.90. The maximum absolute atomic E-state index is 12.3. The molecule has 134 valence electrons. The standard InChI is InChI=1S/C20H24ClNO3/c1-14-12-15(21)8-10-18(14)24-13-17-9-11-19(25-17)20(23)22-16-6-4-2-3-5-7-16/h8-12,16H,2-7,13H2,1H3,(H,22,23). The highest BCUT2D eigenvalue weighted by Gasteiger charge is 2.18. The van der Waals surface area contributed by atoms with E-state index in [9.17, 15) is 4.79 Å². The smallest absolute Gasteiger partial charge is 0.287 e. The van der Waals surface area contributed by atoms with Crippen LogP contribution < -0.4 is 10.1 Å². The minimum Gasteiger partial charge on any atom is -0.485 e. The Morgan fingerprint density at radius 3 is 2.68 bits per heavy atom. The molecule has 2 aromatic rings. The Balaban J connectivity index is 1.55. The largest absolute Gasteiger partial charge is 0.485 e. The summed E-state index contributed by atoms with van der Waals surface area (Å²) in [6.07, 6.45) is 7.00. The zero-order valence-electron chi connectivity index (χ0n) is 14.5. The summed E-state index contributed by atoms with van der Waals surface area (Å²) in [6, 6.07) is 9.23. The maximum atomic E-state index is 12.3. The van der Waals surface area contributed by atoms with Crippen molar-refractivity contribution in [3.05, 3.63) is 52.4 Å². The predicted octanol–water partition coefficient (Wildman–Crippen LogP) is 5.27. The van der Waals surface area contributed by atoms with Crippen molar-refractivity contribution in [1.82, 2.24) is 5.32 Å². The van der Waals surface area contributed by atoms with Crippen LogP contribution in [0.4, 0.5) is 0 Å². The highest BCUT2D eigenvalue weighted by atomic mass is 35.5. The third-order valence-corrected chi connectivity index (χ3v) is 4.82. The average Bonchev–Trinajstić information content (AvgIpc) is 2.92. The molecular weight excluding hydrogens is 338 g/mol.